The van der Waals surface area contributed by atoms with Gasteiger partial charge in [0.2, 0.25) is 0 Å². The Kier molecular flexibility index (Phi) is 3.60. The lowest BCUT2D eigenvalue weighted by Crippen LogP contribution is -2.11. The number of rotatable bonds is 2. The maximum Gasteiger partial charge on any atom is 0.266 e. The SMILES string of the molecule is C[C@H]1CCc2sc(NC(=O)c3cccs3)c(C#N)c2C1. The third-order valence-electron chi connectivity index (χ3n) is 3.59. The summed E-state index contributed by atoms with van der Waals surface area (Å²) in [6.07, 6.45) is 3.13. The molecule has 0 spiro atoms. The second-order valence-electron chi connectivity index (χ2n) is 5.10. The Balaban J connectivity index is 1.91. The molecule has 0 fully saturated rings. The molecule has 102 valence electrons. The highest BCUT2D eigenvalue weighted by molar-refractivity contribution is 7.17. The summed E-state index contributed by atoms with van der Waals surface area (Å²) >= 11 is 2.97. The van der Waals surface area contributed by atoms with Crippen LogP contribution in [0.1, 0.15) is 39.0 Å². The van der Waals surface area contributed by atoms with Crippen molar-refractivity contribution in [2.75, 3.05) is 5.32 Å². The lowest BCUT2D eigenvalue weighted by atomic mass is 9.88. The molecule has 1 amide bonds. The van der Waals surface area contributed by atoms with Gasteiger partial charge in [0, 0.05) is 4.88 Å². The van der Waals surface area contributed by atoms with E-state index in [4.69, 9.17) is 0 Å². The van der Waals surface area contributed by atoms with Gasteiger partial charge in [0.1, 0.15) is 11.1 Å². The van der Waals surface area contributed by atoms with Crippen molar-refractivity contribution in [1.29, 1.82) is 5.26 Å². The number of hydrogen-bond donors (Lipinski definition) is 1. The summed E-state index contributed by atoms with van der Waals surface area (Å²) in [4.78, 5) is 14.1. The van der Waals surface area contributed by atoms with Crippen LogP contribution in [-0.2, 0) is 12.8 Å². The van der Waals surface area contributed by atoms with Crippen LogP contribution < -0.4 is 5.32 Å². The first kappa shape index (κ1) is 13.3. The van der Waals surface area contributed by atoms with E-state index in [1.54, 1.807) is 17.4 Å². The third-order valence-corrected chi connectivity index (χ3v) is 5.67. The number of aryl methyl sites for hydroxylation is 1. The van der Waals surface area contributed by atoms with Gasteiger partial charge in [-0.1, -0.05) is 13.0 Å². The fraction of sp³-hybridized carbons (Fsp3) is 0.333. The highest BCUT2D eigenvalue weighted by Crippen LogP contribution is 2.39. The molecular formula is C15H14N2OS2. The lowest BCUT2D eigenvalue weighted by molar-refractivity contribution is 0.103. The summed E-state index contributed by atoms with van der Waals surface area (Å²) in [5.74, 6) is 0.494. The minimum Gasteiger partial charge on any atom is -0.312 e. The Hall–Kier alpha value is -1.64. The third kappa shape index (κ3) is 2.37. The molecule has 5 heteroatoms. The van der Waals surface area contributed by atoms with Crippen LogP contribution in [0.15, 0.2) is 17.5 Å². The molecule has 1 N–H and O–H groups in total. The Morgan fingerprint density at radius 2 is 2.40 bits per heavy atom. The summed E-state index contributed by atoms with van der Waals surface area (Å²) in [6.45, 7) is 2.21. The molecule has 3 nitrogen and oxygen atoms in total. The highest BCUT2D eigenvalue weighted by Gasteiger charge is 2.25. The van der Waals surface area contributed by atoms with Crippen molar-refractivity contribution in [1.82, 2.24) is 0 Å². The smallest absolute Gasteiger partial charge is 0.266 e. The van der Waals surface area contributed by atoms with Gasteiger partial charge in [0.25, 0.3) is 5.91 Å². The molecule has 3 rings (SSSR count). The molecule has 2 aromatic rings. The van der Waals surface area contributed by atoms with E-state index in [-0.39, 0.29) is 5.91 Å². The van der Waals surface area contributed by atoms with E-state index in [0.717, 1.165) is 24.8 Å². The number of nitrogens with one attached hydrogen (secondary N) is 1. The van der Waals surface area contributed by atoms with E-state index in [9.17, 15) is 10.1 Å². The Morgan fingerprint density at radius 3 is 3.10 bits per heavy atom. The number of nitrogens with zero attached hydrogens (tertiary/aromatic N) is 1. The van der Waals surface area contributed by atoms with E-state index < -0.39 is 0 Å². The second kappa shape index (κ2) is 5.39. The average molecular weight is 302 g/mol. The predicted molar refractivity (Wildman–Crippen MR) is 82.5 cm³/mol. The quantitative estimate of drug-likeness (QED) is 0.909. The summed E-state index contributed by atoms with van der Waals surface area (Å²) in [5, 5.41) is 14.9. The van der Waals surface area contributed by atoms with Crippen molar-refractivity contribution in [3.8, 4) is 6.07 Å². The van der Waals surface area contributed by atoms with Crippen molar-refractivity contribution in [3.63, 3.8) is 0 Å². The number of hydrogen-bond acceptors (Lipinski definition) is 4. The standard InChI is InChI=1S/C15H14N2OS2/c1-9-4-5-12-10(7-9)11(8-16)15(20-12)17-14(18)13-3-2-6-19-13/h2-3,6,9H,4-5,7H2,1H3,(H,17,18)/t9-/m0/s1. The van der Waals surface area contributed by atoms with Crippen LogP contribution in [0.2, 0.25) is 0 Å². The second-order valence-corrected chi connectivity index (χ2v) is 7.15. The molecule has 1 aliphatic rings. The van der Waals surface area contributed by atoms with Crippen LogP contribution in [0.3, 0.4) is 0 Å². The summed E-state index contributed by atoms with van der Waals surface area (Å²) < 4.78 is 0. The molecule has 0 saturated heterocycles. The van der Waals surface area contributed by atoms with Crippen molar-refractivity contribution >= 4 is 33.6 Å². The van der Waals surface area contributed by atoms with E-state index in [1.165, 1.54) is 16.2 Å². The fourth-order valence-corrected chi connectivity index (χ4v) is 4.35. The van der Waals surface area contributed by atoms with Crippen molar-refractivity contribution in [2.45, 2.75) is 26.2 Å². The van der Waals surface area contributed by atoms with Crippen LogP contribution >= 0.6 is 22.7 Å². The zero-order valence-corrected chi connectivity index (χ0v) is 12.7. The average Bonchev–Trinajstić information content (AvgIpc) is 3.05. The van der Waals surface area contributed by atoms with Crippen LogP contribution in [0.25, 0.3) is 0 Å². The molecular weight excluding hydrogens is 288 g/mol. The molecule has 0 aliphatic heterocycles. The number of anilines is 1. The number of nitriles is 1. The number of thiophene rings is 2. The van der Waals surface area contributed by atoms with Crippen LogP contribution in [0.4, 0.5) is 5.00 Å². The molecule has 0 saturated carbocycles. The Bertz CT molecular complexity index is 680. The minimum atomic E-state index is -0.122. The van der Waals surface area contributed by atoms with Crippen molar-refractivity contribution in [2.24, 2.45) is 5.92 Å². The van der Waals surface area contributed by atoms with Crippen LogP contribution in [-0.4, -0.2) is 5.91 Å². The fourth-order valence-electron chi connectivity index (χ4n) is 2.54. The van der Waals surface area contributed by atoms with E-state index >= 15 is 0 Å². The summed E-state index contributed by atoms with van der Waals surface area (Å²) in [6, 6.07) is 5.92. The first-order valence-electron chi connectivity index (χ1n) is 6.58. The monoisotopic (exact) mass is 302 g/mol. The van der Waals surface area contributed by atoms with E-state index in [0.29, 0.717) is 21.4 Å². The van der Waals surface area contributed by atoms with Gasteiger partial charge in [-0.3, -0.25) is 4.79 Å². The summed E-state index contributed by atoms with van der Waals surface area (Å²) in [5.41, 5.74) is 1.82. The predicted octanol–water partition coefficient (Wildman–Crippen LogP) is 4.06. The van der Waals surface area contributed by atoms with Gasteiger partial charge in [-0.15, -0.1) is 22.7 Å². The molecule has 2 heterocycles. The first-order chi connectivity index (χ1) is 9.69. The van der Waals surface area contributed by atoms with Gasteiger partial charge in [-0.2, -0.15) is 5.26 Å². The van der Waals surface area contributed by atoms with E-state index in [2.05, 4.69) is 18.3 Å². The maximum atomic E-state index is 12.1. The van der Waals surface area contributed by atoms with Gasteiger partial charge >= 0.3 is 0 Å². The molecule has 20 heavy (non-hydrogen) atoms. The maximum absolute atomic E-state index is 12.1. The molecule has 1 atom stereocenters. The van der Waals surface area contributed by atoms with Crippen molar-refractivity contribution < 1.29 is 4.79 Å². The molecule has 0 aromatic carbocycles. The van der Waals surface area contributed by atoms with Crippen LogP contribution in [0, 0.1) is 17.2 Å². The highest BCUT2D eigenvalue weighted by atomic mass is 32.1. The van der Waals surface area contributed by atoms with Gasteiger partial charge < -0.3 is 5.32 Å². The Labute approximate surface area is 125 Å². The lowest BCUT2D eigenvalue weighted by Gasteiger charge is -2.17. The number of fused-ring (bicyclic) bond motifs is 1. The first-order valence-corrected chi connectivity index (χ1v) is 8.28. The van der Waals surface area contributed by atoms with Crippen molar-refractivity contribution in [3.05, 3.63) is 38.4 Å². The normalized spacial score (nSPS) is 17.3. The minimum absolute atomic E-state index is 0.122. The van der Waals surface area contributed by atoms with Gasteiger partial charge in [-0.25, -0.2) is 0 Å². The van der Waals surface area contributed by atoms with Gasteiger partial charge in [0.15, 0.2) is 0 Å². The Morgan fingerprint density at radius 1 is 1.55 bits per heavy atom. The molecule has 2 aromatic heterocycles. The zero-order valence-electron chi connectivity index (χ0n) is 11.1. The molecule has 1 aliphatic carbocycles. The van der Waals surface area contributed by atoms with Gasteiger partial charge in [-0.05, 0) is 42.2 Å². The number of carbonyl (C=O) groups is 1. The zero-order chi connectivity index (χ0) is 14.1. The number of carbonyl (C=O) groups excluding carboxylic acids is 1. The largest absolute Gasteiger partial charge is 0.312 e. The molecule has 0 radical (unpaired) electrons. The number of amides is 1. The van der Waals surface area contributed by atoms with Crippen LogP contribution in [0.5, 0.6) is 0 Å². The molecule has 0 unspecified atom stereocenters. The van der Waals surface area contributed by atoms with Gasteiger partial charge in [0.05, 0.1) is 10.4 Å². The molecule has 0 bridgehead atoms. The summed E-state index contributed by atoms with van der Waals surface area (Å²) in [7, 11) is 0. The topological polar surface area (TPSA) is 52.9 Å². The van der Waals surface area contributed by atoms with E-state index in [1.807, 2.05) is 11.4 Å².